The Morgan fingerprint density at radius 2 is 1.85 bits per heavy atom. The molecule has 1 heterocycles. The molecule has 4 heteroatoms. The third-order valence-corrected chi connectivity index (χ3v) is 5.06. The Morgan fingerprint density at radius 3 is 2.38 bits per heavy atom. The minimum atomic E-state index is -0.348. The molecule has 0 bridgehead atoms. The number of methoxy groups -OCH3 is 1. The molecule has 4 nitrogen and oxygen atoms in total. The van der Waals surface area contributed by atoms with Gasteiger partial charge in [0, 0.05) is 23.5 Å². The van der Waals surface area contributed by atoms with Crippen LogP contribution in [0.4, 0.5) is 0 Å². The molecule has 0 aliphatic heterocycles. The van der Waals surface area contributed by atoms with E-state index in [2.05, 4.69) is 24.5 Å². The Labute approximate surface area is 157 Å². The first-order valence-electron chi connectivity index (χ1n) is 9.62. The van der Waals surface area contributed by atoms with Crippen LogP contribution in [0.1, 0.15) is 66.8 Å². The number of hydrogen-bond donors (Lipinski definition) is 1. The number of amides is 1. The van der Waals surface area contributed by atoms with Gasteiger partial charge in [0.2, 0.25) is 0 Å². The Bertz CT molecular complexity index is 775. The van der Waals surface area contributed by atoms with Crippen molar-refractivity contribution in [3.05, 3.63) is 40.7 Å². The summed E-state index contributed by atoms with van der Waals surface area (Å²) in [6.45, 7) is 9.35. The summed E-state index contributed by atoms with van der Waals surface area (Å²) in [6, 6.07) is 6.10. The predicted octanol–water partition coefficient (Wildman–Crippen LogP) is 5.02. The number of carbonyl (C=O) groups is 1. The number of hydrogen-bond acceptors (Lipinski definition) is 2. The molecule has 26 heavy (non-hydrogen) atoms. The van der Waals surface area contributed by atoms with Crippen LogP contribution < -0.4 is 10.5 Å². The fraction of sp³-hybridized carbons (Fsp3) is 0.500. The molecule has 0 radical (unpaired) electrons. The highest BCUT2D eigenvalue weighted by atomic mass is 16.5. The van der Waals surface area contributed by atoms with Crippen molar-refractivity contribution in [1.29, 1.82) is 0 Å². The monoisotopic (exact) mass is 356 g/mol. The first kappa shape index (κ1) is 20.1. The van der Waals surface area contributed by atoms with Crippen molar-refractivity contribution in [2.45, 2.75) is 66.3 Å². The van der Waals surface area contributed by atoms with E-state index < -0.39 is 0 Å². The second-order valence-corrected chi connectivity index (χ2v) is 6.94. The first-order valence-corrected chi connectivity index (χ1v) is 9.62. The van der Waals surface area contributed by atoms with Crippen LogP contribution in [-0.2, 0) is 13.0 Å². The molecule has 0 atom stereocenters. The number of unbranched alkanes of at least 4 members (excludes halogenated alkanes) is 2. The fourth-order valence-corrected chi connectivity index (χ4v) is 3.67. The van der Waals surface area contributed by atoms with Gasteiger partial charge in [0.05, 0.1) is 12.7 Å². The zero-order chi connectivity index (χ0) is 19.3. The largest absolute Gasteiger partial charge is 0.496 e. The number of benzene rings is 1. The van der Waals surface area contributed by atoms with Gasteiger partial charge in [-0.25, -0.2) is 0 Å². The van der Waals surface area contributed by atoms with Crippen molar-refractivity contribution >= 4 is 5.91 Å². The van der Waals surface area contributed by atoms with Crippen LogP contribution in [0.3, 0.4) is 0 Å². The molecule has 1 aromatic heterocycles. The summed E-state index contributed by atoms with van der Waals surface area (Å²) in [5.74, 6) is 0.505. The van der Waals surface area contributed by atoms with E-state index in [1.165, 1.54) is 5.69 Å². The molecule has 2 aromatic rings. The van der Waals surface area contributed by atoms with Crippen LogP contribution in [0, 0.1) is 13.8 Å². The standard InChI is InChI=1S/C22H32N2O2/c1-6-8-10-18-21(17-11-12-19(26-5)15(3)14-17)20(22(23)25)16(4)24(18)13-9-7-2/h11-12,14H,6-10,13H2,1-5H3,(H2,23,25). The quantitative estimate of drug-likeness (QED) is 0.685. The second kappa shape index (κ2) is 8.93. The number of rotatable bonds is 9. The van der Waals surface area contributed by atoms with Crippen LogP contribution in [0.25, 0.3) is 11.1 Å². The third-order valence-electron chi connectivity index (χ3n) is 5.06. The van der Waals surface area contributed by atoms with Crippen molar-refractivity contribution in [1.82, 2.24) is 4.57 Å². The molecule has 0 unspecified atom stereocenters. The number of primary amides is 1. The number of aromatic nitrogens is 1. The molecule has 0 saturated carbocycles. The van der Waals surface area contributed by atoms with Crippen LogP contribution in [0.5, 0.6) is 5.75 Å². The molecule has 0 saturated heterocycles. The highest BCUT2D eigenvalue weighted by Crippen LogP contribution is 2.36. The van der Waals surface area contributed by atoms with E-state index in [-0.39, 0.29) is 5.91 Å². The van der Waals surface area contributed by atoms with Crippen molar-refractivity contribution in [3.63, 3.8) is 0 Å². The smallest absolute Gasteiger partial charge is 0.251 e. The van der Waals surface area contributed by atoms with Gasteiger partial charge in [0.25, 0.3) is 5.91 Å². The SMILES string of the molecule is CCCCc1c(-c2ccc(OC)c(C)c2)c(C(N)=O)c(C)n1CCCC. The average Bonchev–Trinajstić information content (AvgIpc) is 2.89. The minimum absolute atomic E-state index is 0.348. The number of nitrogens with two attached hydrogens (primary N) is 1. The van der Waals surface area contributed by atoms with Gasteiger partial charge in [0.15, 0.2) is 0 Å². The maximum atomic E-state index is 12.3. The summed E-state index contributed by atoms with van der Waals surface area (Å²) in [5, 5.41) is 0. The molecule has 142 valence electrons. The fourth-order valence-electron chi connectivity index (χ4n) is 3.67. The minimum Gasteiger partial charge on any atom is -0.496 e. The van der Waals surface area contributed by atoms with E-state index in [1.807, 2.05) is 26.0 Å². The first-order chi connectivity index (χ1) is 12.5. The number of aryl methyl sites for hydroxylation is 1. The molecular formula is C22H32N2O2. The maximum Gasteiger partial charge on any atom is 0.251 e. The summed E-state index contributed by atoms with van der Waals surface area (Å²) in [6.07, 6.45) is 5.37. The van der Waals surface area contributed by atoms with E-state index in [4.69, 9.17) is 10.5 Å². The molecule has 0 spiro atoms. The predicted molar refractivity (Wildman–Crippen MR) is 108 cm³/mol. The van der Waals surface area contributed by atoms with Crippen LogP contribution in [-0.4, -0.2) is 17.6 Å². The normalized spacial score (nSPS) is 11.0. The summed E-state index contributed by atoms with van der Waals surface area (Å²) >= 11 is 0. The summed E-state index contributed by atoms with van der Waals surface area (Å²) < 4.78 is 7.71. The van der Waals surface area contributed by atoms with Gasteiger partial charge < -0.3 is 15.0 Å². The molecule has 2 rings (SSSR count). The summed E-state index contributed by atoms with van der Waals surface area (Å²) in [7, 11) is 1.68. The number of nitrogens with zero attached hydrogens (tertiary/aromatic N) is 1. The van der Waals surface area contributed by atoms with Crippen LogP contribution in [0.15, 0.2) is 18.2 Å². The van der Waals surface area contributed by atoms with E-state index >= 15 is 0 Å². The topological polar surface area (TPSA) is 57.2 Å². The molecule has 0 aliphatic carbocycles. The number of carbonyl (C=O) groups excluding carboxylic acids is 1. The second-order valence-electron chi connectivity index (χ2n) is 6.94. The van der Waals surface area contributed by atoms with Gasteiger partial charge in [-0.05, 0) is 56.4 Å². The van der Waals surface area contributed by atoms with Crippen LogP contribution >= 0.6 is 0 Å². The third kappa shape index (κ3) is 3.95. The van der Waals surface area contributed by atoms with Gasteiger partial charge in [-0.15, -0.1) is 0 Å². The van der Waals surface area contributed by atoms with Crippen molar-refractivity contribution < 1.29 is 9.53 Å². The highest BCUT2D eigenvalue weighted by Gasteiger charge is 2.24. The lowest BCUT2D eigenvalue weighted by Crippen LogP contribution is -2.13. The lowest BCUT2D eigenvalue weighted by molar-refractivity contribution is 0.1000. The van der Waals surface area contributed by atoms with E-state index in [9.17, 15) is 4.79 Å². The molecule has 1 amide bonds. The zero-order valence-electron chi connectivity index (χ0n) is 16.8. The van der Waals surface area contributed by atoms with Gasteiger partial charge in [-0.3, -0.25) is 4.79 Å². The van der Waals surface area contributed by atoms with E-state index in [1.54, 1.807) is 7.11 Å². The Hall–Kier alpha value is -2.23. The Kier molecular flexibility index (Phi) is 6.90. The molecule has 2 N–H and O–H groups in total. The van der Waals surface area contributed by atoms with Crippen LogP contribution in [0.2, 0.25) is 0 Å². The molecular weight excluding hydrogens is 324 g/mol. The lowest BCUT2D eigenvalue weighted by atomic mass is 9.96. The summed E-state index contributed by atoms with van der Waals surface area (Å²) in [5.41, 5.74) is 11.8. The average molecular weight is 357 g/mol. The zero-order valence-corrected chi connectivity index (χ0v) is 16.8. The van der Waals surface area contributed by atoms with E-state index in [0.717, 1.165) is 66.8 Å². The van der Waals surface area contributed by atoms with Gasteiger partial charge in [-0.1, -0.05) is 32.8 Å². The molecule has 0 fully saturated rings. The maximum absolute atomic E-state index is 12.3. The van der Waals surface area contributed by atoms with Crippen molar-refractivity contribution in [2.75, 3.05) is 7.11 Å². The van der Waals surface area contributed by atoms with Gasteiger partial charge in [0.1, 0.15) is 5.75 Å². The van der Waals surface area contributed by atoms with Gasteiger partial charge in [-0.2, -0.15) is 0 Å². The summed E-state index contributed by atoms with van der Waals surface area (Å²) in [4.78, 5) is 12.3. The Morgan fingerprint density at radius 1 is 1.15 bits per heavy atom. The molecule has 0 aliphatic rings. The van der Waals surface area contributed by atoms with Crippen molar-refractivity contribution in [3.8, 4) is 16.9 Å². The van der Waals surface area contributed by atoms with E-state index in [0.29, 0.717) is 5.56 Å². The highest BCUT2D eigenvalue weighted by molar-refractivity contribution is 6.02. The Balaban J connectivity index is 2.71. The lowest BCUT2D eigenvalue weighted by Gasteiger charge is -2.13. The molecule has 1 aromatic carbocycles. The van der Waals surface area contributed by atoms with Crippen molar-refractivity contribution in [2.24, 2.45) is 5.73 Å². The van der Waals surface area contributed by atoms with Gasteiger partial charge >= 0.3 is 0 Å². The number of ether oxygens (including phenoxy) is 1.